The Morgan fingerprint density at radius 1 is 1.50 bits per heavy atom. The molecule has 1 aromatic rings. The van der Waals surface area contributed by atoms with Gasteiger partial charge in [-0.1, -0.05) is 0 Å². The highest BCUT2D eigenvalue weighted by Crippen LogP contribution is 2.22. The summed E-state index contributed by atoms with van der Waals surface area (Å²) in [5.41, 5.74) is 7.00. The van der Waals surface area contributed by atoms with Crippen molar-refractivity contribution in [2.24, 2.45) is 10.7 Å². The number of carbonyl (C=O) groups is 1. The van der Waals surface area contributed by atoms with E-state index in [1.54, 1.807) is 27.0 Å². The minimum atomic E-state index is -4.50. The van der Waals surface area contributed by atoms with Crippen LogP contribution in [0.1, 0.15) is 25.6 Å². The lowest BCUT2D eigenvalue weighted by Crippen LogP contribution is -2.37. The van der Waals surface area contributed by atoms with Crippen molar-refractivity contribution in [3.63, 3.8) is 0 Å². The molecule has 0 bridgehead atoms. The molecule has 0 aliphatic heterocycles. The van der Waals surface area contributed by atoms with Crippen molar-refractivity contribution in [1.82, 2.24) is 10.3 Å². The predicted octanol–water partition coefficient (Wildman–Crippen LogP) is 2.33. The summed E-state index contributed by atoms with van der Waals surface area (Å²) in [5, 5.41) is 2.65. The zero-order valence-electron chi connectivity index (χ0n) is 14.8. The molecule has 0 aliphatic carbocycles. The summed E-state index contributed by atoms with van der Waals surface area (Å²) in [6.07, 6.45) is -2.88. The van der Waals surface area contributed by atoms with Crippen molar-refractivity contribution in [3.05, 3.63) is 29.5 Å². The number of carbonyl (C=O) groups excluding carboxylic acids is 1. The topological polar surface area (TPSA) is 98.8 Å². The number of halogens is 3. The second-order valence-electron chi connectivity index (χ2n) is 5.31. The van der Waals surface area contributed by atoms with Crippen LogP contribution in [-0.2, 0) is 0 Å². The fourth-order valence-corrected chi connectivity index (χ4v) is 1.78. The van der Waals surface area contributed by atoms with Gasteiger partial charge in [0.1, 0.15) is 5.56 Å². The van der Waals surface area contributed by atoms with Crippen LogP contribution in [0, 0.1) is 0 Å². The lowest BCUT2D eigenvalue weighted by molar-refractivity contribution is -0.154. The summed E-state index contributed by atoms with van der Waals surface area (Å²) in [6, 6.07) is 1.91. The van der Waals surface area contributed by atoms with E-state index >= 15 is 0 Å². The summed E-state index contributed by atoms with van der Waals surface area (Å²) >= 11 is 0. The van der Waals surface area contributed by atoms with Crippen molar-refractivity contribution >= 4 is 11.6 Å². The molecule has 0 aromatic carbocycles. The van der Waals surface area contributed by atoms with Crippen molar-refractivity contribution in [3.8, 4) is 11.8 Å². The molecule has 0 saturated carbocycles. The number of nitrogens with two attached hydrogens (primary N) is 1. The maximum absolute atomic E-state index is 12.4. The first-order chi connectivity index (χ1) is 12.1. The Kier molecular flexibility index (Phi) is 7.41. The number of alkyl halides is 3. The lowest BCUT2D eigenvalue weighted by Gasteiger charge is -2.16. The van der Waals surface area contributed by atoms with Crippen LogP contribution in [0.3, 0.4) is 0 Å². The van der Waals surface area contributed by atoms with Gasteiger partial charge >= 0.3 is 6.18 Å². The first-order valence-corrected chi connectivity index (χ1v) is 7.53. The highest BCUT2D eigenvalue weighted by Gasteiger charge is 2.29. The average Bonchev–Trinajstić information content (AvgIpc) is 2.58. The molecule has 26 heavy (non-hydrogen) atoms. The normalized spacial score (nSPS) is 14.0. The van der Waals surface area contributed by atoms with Crippen LogP contribution >= 0.6 is 0 Å². The van der Waals surface area contributed by atoms with E-state index < -0.39 is 24.7 Å². The van der Waals surface area contributed by atoms with Gasteiger partial charge in [-0.3, -0.25) is 9.79 Å². The van der Waals surface area contributed by atoms with E-state index in [2.05, 4.69) is 20.0 Å². The first kappa shape index (κ1) is 21.3. The van der Waals surface area contributed by atoms with E-state index in [9.17, 15) is 18.0 Å². The smallest absolute Gasteiger partial charge is 0.422 e. The molecule has 146 valence electrons. The molecule has 0 aliphatic rings. The minimum Gasteiger partial charge on any atom is -0.480 e. The molecule has 10 heteroatoms. The van der Waals surface area contributed by atoms with Gasteiger partial charge in [-0.25, -0.2) is 0 Å². The summed E-state index contributed by atoms with van der Waals surface area (Å²) in [5.74, 6) is -1.02. The van der Waals surface area contributed by atoms with Crippen LogP contribution < -0.4 is 20.5 Å². The summed E-state index contributed by atoms with van der Waals surface area (Å²) in [6.45, 7) is 1.94. The Balaban J connectivity index is 0.00000676. The number of ether oxygens (including phenoxy) is 2. The number of aromatic nitrogens is 1. The fraction of sp³-hybridized carbons (Fsp3) is 0.438. The Morgan fingerprint density at radius 3 is 2.69 bits per heavy atom. The number of nitrogens with one attached hydrogen (secondary N) is 1. The Hall–Kier alpha value is -2.78. The molecule has 1 heterocycles. The third-order valence-electron chi connectivity index (χ3n) is 3.23. The number of methoxy groups -OCH3 is 1. The lowest BCUT2D eigenvalue weighted by atomic mass is 10.1. The fourth-order valence-electron chi connectivity index (χ4n) is 1.78. The van der Waals surface area contributed by atoms with E-state index in [1.807, 2.05) is 0 Å². The summed E-state index contributed by atoms with van der Waals surface area (Å²) < 4.78 is 46.1. The van der Waals surface area contributed by atoms with E-state index in [1.165, 1.54) is 13.2 Å². The third-order valence-corrected chi connectivity index (χ3v) is 3.23. The van der Waals surface area contributed by atoms with Gasteiger partial charge in [0, 0.05) is 25.9 Å². The van der Waals surface area contributed by atoms with Crippen LogP contribution in [0.25, 0.3) is 0 Å². The molecule has 7 nitrogen and oxygen atoms in total. The highest BCUT2D eigenvalue weighted by atomic mass is 19.4. The second kappa shape index (κ2) is 9.07. The molecule has 1 aromatic heterocycles. The molecule has 1 atom stereocenters. The molecule has 1 amide bonds. The number of hydrogen-bond acceptors (Lipinski definition) is 6. The molecular weight excluding hydrogens is 353 g/mol. The maximum atomic E-state index is 12.4. The van der Waals surface area contributed by atoms with Crippen LogP contribution in [0.2, 0.25) is 0 Å². The Bertz CT molecular complexity index is 709. The molecule has 1 unspecified atom stereocenters. The minimum absolute atomic E-state index is 0. The standard InChI is InChI=1S/C16H21F3N4O3.H2/c1-9(21-3)7-12(20)10(2)22-14(24)11-5-6-13(23-15(11)25-4)26-8-16(17,18)19;/h5-7,10H,8,20H2,1-4H3,(H,22,24);1H/b12-7-,21-9?;. The van der Waals surface area contributed by atoms with Gasteiger partial charge in [0.15, 0.2) is 6.61 Å². The van der Waals surface area contributed by atoms with Crippen molar-refractivity contribution in [2.75, 3.05) is 20.8 Å². The van der Waals surface area contributed by atoms with Gasteiger partial charge in [-0.2, -0.15) is 18.2 Å². The number of nitrogens with zero attached hydrogens (tertiary/aromatic N) is 2. The Labute approximate surface area is 150 Å². The van der Waals surface area contributed by atoms with Gasteiger partial charge < -0.3 is 20.5 Å². The molecular formula is C16H23F3N4O3. The molecule has 0 spiro atoms. The number of allylic oxidation sites excluding steroid dienone is 1. The van der Waals surface area contributed by atoms with E-state index in [4.69, 9.17) is 10.5 Å². The van der Waals surface area contributed by atoms with Crippen molar-refractivity contribution in [1.29, 1.82) is 0 Å². The summed E-state index contributed by atoms with van der Waals surface area (Å²) in [4.78, 5) is 20.1. The summed E-state index contributed by atoms with van der Waals surface area (Å²) in [7, 11) is 2.85. The maximum Gasteiger partial charge on any atom is 0.422 e. The number of aliphatic imine (C=N–C) groups is 1. The zero-order chi connectivity index (χ0) is 19.9. The van der Waals surface area contributed by atoms with Gasteiger partial charge in [0.05, 0.1) is 13.2 Å². The Morgan fingerprint density at radius 2 is 2.15 bits per heavy atom. The average molecular weight is 376 g/mol. The highest BCUT2D eigenvalue weighted by molar-refractivity contribution is 5.97. The first-order valence-electron chi connectivity index (χ1n) is 7.53. The van der Waals surface area contributed by atoms with Crippen molar-refractivity contribution < 1.29 is 28.9 Å². The van der Waals surface area contributed by atoms with Gasteiger partial charge in [0.2, 0.25) is 11.8 Å². The molecule has 1 rings (SSSR count). The molecule has 0 radical (unpaired) electrons. The molecule has 0 fully saturated rings. The quantitative estimate of drug-likeness (QED) is 0.712. The predicted molar refractivity (Wildman–Crippen MR) is 92.7 cm³/mol. The van der Waals surface area contributed by atoms with Crippen LogP contribution in [-0.4, -0.2) is 49.6 Å². The van der Waals surface area contributed by atoms with Crippen LogP contribution in [0.4, 0.5) is 13.2 Å². The van der Waals surface area contributed by atoms with Gasteiger partial charge in [-0.05, 0) is 26.0 Å². The van der Waals surface area contributed by atoms with Gasteiger partial charge in [-0.15, -0.1) is 0 Å². The molecule has 3 N–H and O–H groups in total. The monoisotopic (exact) mass is 376 g/mol. The largest absolute Gasteiger partial charge is 0.480 e. The second-order valence-corrected chi connectivity index (χ2v) is 5.31. The van der Waals surface area contributed by atoms with E-state index in [0.29, 0.717) is 11.4 Å². The molecule has 0 saturated heterocycles. The van der Waals surface area contributed by atoms with E-state index in [-0.39, 0.29) is 18.8 Å². The van der Waals surface area contributed by atoms with Crippen LogP contribution in [0.15, 0.2) is 28.9 Å². The van der Waals surface area contributed by atoms with E-state index in [0.717, 1.165) is 6.07 Å². The van der Waals surface area contributed by atoms with Crippen molar-refractivity contribution in [2.45, 2.75) is 26.1 Å². The zero-order valence-corrected chi connectivity index (χ0v) is 14.8. The number of rotatable bonds is 7. The number of amides is 1. The number of pyridine rings is 1. The third kappa shape index (κ3) is 6.61. The van der Waals surface area contributed by atoms with Gasteiger partial charge in [0.25, 0.3) is 5.91 Å². The SMILES string of the molecule is CN=C(C)/C=C(\N)C(C)NC(=O)c1ccc(OCC(F)(F)F)nc1OC.[HH]. The van der Waals surface area contributed by atoms with Crippen LogP contribution in [0.5, 0.6) is 11.8 Å². The number of hydrogen-bond donors (Lipinski definition) is 2.